The molecule has 15 heavy (non-hydrogen) atoms. The van der Waals surface area contributed by atoms with Gasteiger partial charge in [-0.2, -0.15) is 11.8 Å². The van der Waals surface area contributed by atoms with Crippen molar-refractivity contribution in [2.75, 3.05) is 12.8 Å². The van der Waals surface area contributed by atoms with Crippen molar-refractivity contribution in [2.24, 2.45) is 0 Å². The fraction of sp³-hybridized carbons (Fsp3) is 0.909. The van der Waals surface area contributed by atoms with Crippen molar-refractivity contribution in [3.63, 3.8) is 0 Å². The topological polar surface area (TPSA) is 24.1 Å². The first-order valence-corrected chi connectivity index (χ1v) is 7.26. The van der Waals surface area contributed by atoms with Crippen LogP contribution < -0.4 is 10.6 Å². The Balaban J connectivity index is 2.18. The van der Waals surface area contributed by atoms with E-state index in [1.165, 1.54) is 25.7 Å². The average Bonchev–Trinajstić information content (AvgIpc) is 2.68. The molecule has 4 heteroatoms. The van der Waals surface area contributed by atoms with Gasteiger partial charge in [-0.15, -0.1) is 0 Å². The first-order valence-electron chi connectivity index (χ1n) is 5.63. The van der Waals surface area contributed by atoms with Crippen LogP contribution in [0.4, 0.5) is 0 Å². The van der Waals surface area contributed by atoms with E-state index in [-0.39, 0.29) is 4.75 Å². The second kappa shape index (κ2) is 5.94. The molecule has 0 aromatic heterocycles. The van der Waals surface area contributed by atoms with Gasteiger partial charge >= 0.3 is 0 Å². The molecule has 1 aliphatic rings. The third kappa shape index (κ3) is 5.07. The second-order valence-electron chi connectivity index (χ2n) is 4.77. The quantitative estimate of drug-likeness (QED) is 0.745. The number of thioether (sulfide) groups is 1. The van der Waals surface area contributed by atoms with E-state index in [1.807, 2.05) is 11.8 Å². The maximum absolute atomic E-state index is 5.28. The monoisotopic (exact) mass is 246 g/mol. The fourth-order valence-electron chi connectivity index (χ4n) is 1.67. The van der Waals surface area contributed by atoms with E-state index >= 15 is 0 Å². The van der Waals surface area contributed by atoms with Crippen LogP contribution in [0.5, 0.6) is 0 Å². The Morgan fingerprint density at radius 2 is 2.00 bits per heavy atom. The van der Waals surface area contributed by atoms with Crippen LogP contribution in [0.2, 0.25) is 0 Å². The first-order chi connectivity index (χ1) is 7.03. The van der Waals surface area contributed by atoms with Crippen molar-refractivity contribution in [2.45, 2.75) is 50.3 Å². The van der Waals surface area contributed by atoms with Crippen LogP contribution in [0, 0.1) is 0 Å². The maximum Gasteiger partial charge on any atom is 0.166 e. The predicted molar refractivity (Wildman–Crippen MR) is 73.6 cm³/mol. The third-order valence-corrected chi connectivity index (χ3v) is 4.43. The Morgan fingerprint density at radius 3 is 2.53 bits per heavy atom. The SMILES string of the molecule is CSC(C)(C)CNC(=S)NC1CCCC1. The van der Waals surface area contributed by atoms with E-state index in [0.717, 1.165) is 11.7 Å². The van der Waals surface area contributed by atoms with Crippen molar-refractivity contribution in [3.8, 4) is 0 Å². The number of hydrogen-bond acceptors (Lipinski definition) is 2. The molecule has 0 aromatic carbocycles. The molecule has 0 aromatic rings. The molecule has 1 saturated carbocycles. The summed E-state index contributed by atoms with van der Waals surface area (Å²) < 4.78 is 0.251. The van der Waals surface area contributed by atoms with Crippen LogP contribution in [0.25, 0.3) is 0 Å². The summed E-state index contributed by atoms with van der Waals surface area (Å²) in [5.74, 6) is 0. The standard InChI is InChI=1S/C11H22N2S2/c1-11(2,15-3)8-12-10(14)13-9-6-4-5-7-9/h9H,4-8H2,1-3H3,(H2,12,13,14). The number of nitrogens with one attached hydrogen (secondary N) is 2. The van der Waals surface area contributed by atoms with Crippen molar-refractivity contribution in [1.82, 2.24) is 10.6 Å². The average molecular weight is 246 g/mol. The van der Waals surface area contributed by atoms with Crippen molar-refractivity contribution < 1.29 is 0 Å². The van der Waals surface area contributed by atoms with Crippen LogP contribution in [0.3, 0.4) is 0 Å². The molecule has 0 unspecified atom stereocenters. The van der Waals surface area contributed by atoms with Crippen molar-refractivity contribution in [1.29, 1.82) is 0 Å². The summed E-state index contributed by atoms with van der Waals surface area (Å²) in [5.41, 5.74) is 0. The summed E-state index contributed by atoms with van der Waals surface area (Å²) in [4.78, 5) is 0. The summed E-state index contributed by atoms with van der Waals surface area (Å²) in [6, 6.07) is 0.613. The minimum atomic E-state index is 0.251. The van der Waals surface area contributed by atoms with Gasteiger partial charge in [-0.3, -0.25) is 0 Å². The zero-order valence-corrected chi connectivity index (χ0v) is 11.6. The van der Waals surface area contributed by atoms with Gasteiger partial charge in [0, 0.05) is 17.3 Å². The summed E-state index contributed by atoms with van der Waals surface area (Å²) in [5, 5.41) is 7.51. The van der Waals surface area contributed by atoms with Crippen molar-refractivity contribution in [3.05, 3.63) is 0 Å². The van der Waals surface area contributed by atoms with Crippen LogP contribution in [0.15, 0.2) is 0 Å². The molecule has 1 aliphatic carbocycles. The Labute approximate surface area is 103 Å². The van der Waals surface area contributed by atoms with Gasteiger partial charge < -0.3 is 10.6 Å². The molecule has 1 fully saturated rings. The van der Waals surface area contributed by atoms with Crippen LogP contribution in [0.1, 0.15) is 39.5 Å². The molecule has 0 saturated heterocycles. The summed E-state index contributed by atoms with van der Waals surface area (Å²) >= 11 is 7.14. The number of thiocarbonyl (C=S) groups is 1. The molecular weight excluding hydrogens is 224 g/mol. The molecule has 0 heterocycles. The highest BCUT2D eigenvalue weighted by molar-refractivity contribution is 7.99. The lowest BCUT2D eigenvalue weighted by Gasteiger charge is -2.24. The minimum Gasteiger partial charge on any atom is -0.361 e. The van der Waals surface area contributed by atoms with E-state index in [0.29, 0.717) is 6.04 Å². The van der Waals surface area contributed by atoms with Crippen LogP contribution in [-0.4, -0.2) is 28.7 Å². The second-order valence-corrected chi connectivity index (χ2v) is 6.69. The molecule has 0 spiro atoms. The maximum atomic E-state index is 5.28. The van der Waals surface area contributed by atoms with Gasteiger partial charge in [-0.25, -0.2) is 0 Å². The molecule has 1 rings (SSSR count). The van der Waals surface area contributed by atoms with Gasteiger partial charge in [-0.1, -0.05) is 12.8 Å². The van der Waals surface area contributed by atoms with E-state index in [9.17, 15) is 0 Å². The number of rotatable bonds is 4. The molecular formula is C11H22N2S2. The van der Waals surface area contributed by atoms with E-state index < -0.39 is 0 Å². The molecule has 0 aliphatic heterocycles. The zero-order valence-electron chi connectivity index (χ0n) is 9.93. The highest BCUT2D eigenvalue weighted by Crippen LogP contribution is 2.20. The van der Waals surface area contributed by atoms with Gasteiger partial charge in [0.25, 0.3) is 0 Å². The van der Waals surface area contributed by atoms with Gasteiger partial charge in [0.1, 0.15) is 0 Å². The Bertz CT molecular complexity index is 211. The zero-order chi connectivity index (χ0) is 11.3. The van der Waals surface area contributed by atoms with Gasteiger partial charge in [0.15, 0.2) is 5.11 Å². The fourth-order valence-corrected chi connectivity index (χ4v) is 2.13. The third-order valence-electron chi connectivity index (χ3n) is 2.92. The molecule has 2 nitrogen and oxygen atoms in total. The lowest BCUT2D eigenvalue weighted by atomic mass is 10.2. The lowest BCUT2D eigenvalue weighted by Crippen LogP contribution is -2.45. The molecule has 0 amide bonds. The Morgan fingerprint density at radius 1 is 1.40 bits per heavy atom. The molecule has 0 bridgehead atoms. The predicted octanol–water partition coefficient (Wildman–Crippen LogP) is 2.53. The van der Waals surface area contributed by atoms with Gasteiger partial charge in [0.05, 0.1) is 0 Å². The first kappa shape index (κ1) is 13.1. The molecule has 0 radical (unpaired) electrons. The molecule has 0 atom stereocenters. The summed E-state index contributed by atoms with van der Waals surface area (Å²) in [7, 11) is 0. The van der Waals surface area contributed by atoms with Crippen LogP contribution >= 0.6 is 24.0 Å². The Hall–Kier alpha value is 0.0400. The van der Waals surface area contributed by atoms with Gasteiger partial charge in [0.2, 0.25) is 0 Å². The normalized spacial score (nSPS) is 17.8. The molecule has 2 N–H and O–H groups in total. The van der Waals surface area contributed by atoms with Gasteiger partial charge in [-0.05, 0) is 45.2 Å². The minimum absolute atomic E-state index is 0.251. The highest BCUT2D eigenvalue weighted by Gasteiger charge is 2.18. The highest BCUT2D eigenvalue weighted by atomic mass is 32.2. The van der Waals surface area contributed by atoms with E-state index in [2.05, 4.69) is 30.7 Å². The smallest absolute Gasteiger partial charge is 0.166 e. The summed E-state index contributed by atoms with van der Waals surface area (Å²) in [6.45, 7) is 5.37. The summed E-state index contributed by atoms with van der Waals surface area (Å²) in [6.07, 6.45) is 7.36. The number of hydrogen-bond donors (Lipinski definition) is 2. The van der Waals surface area contributed by atoms with E-state index in [1.54, 1.807) is 0 Å². The Kier molecular flexibility index (Phi) is 5.19. The molecule has 88 valence electrons. The van der Waals surface area contributed by atoms with E-state index in [4.69, 9.17) is 12.2 Å². The largest absolute Gasteiger partial charge is 0.361 e. The lowest BCUT2D eigenvalue weighted by molar-refractivity contribution is 0.608. The van der Waals surface area contributed by atoms with Crippen molar-refractivity contribution >= 4 is 29.1 Å². The van der Waals surface area contributed by atoms with Crippen LogP contribution in [-0.2, 0) is 0 Å².